The van der Waals surface area contributed by atoms with Crippen LogP contribution in [0.3, 0.4) is 0 Å². The van der Waals surface area contributed by atoms with Crippen molar-refractivity contribution in [2.45, 2.75) is 104 Å². The van der Waals surface area contributed by atoms with Gasteiger partial charge in [0.2, 0.25) is 0 Å². The van der Waals surface area contributed by atoms with E-state index in [4.69, 9.17) is 9.47 Å². The molecule has 0 saturated carbocycles. The fourth-order valence-electron chi connectivity index (χ4n) is 4.21. The largest absolute Gasteiger partial charge is 0.346 e. The number of unbranched alkanes of at least 4 members (excludes halogenated alkanes) is 8. The Morgan fingerprint density at radius 2 is 1.43 bits per heavy atom. The number of alkyl halides is 1. The molecule has 0 aromatic heterocycles. The van der Waals surface area contributed by atoms with E-state index in [2.05, 4.69) is 66.0 Å². The van der Waals surface area contributed by atoms with Crippen molar-refractivity contribution in [1.29, 1.82) is 0 Å². The molecule has 0 aliphatic heterocycles. The van der Waals surface area contributed by atoms with Crippen LogP contribution >= 0.6 is 15.9 Å². The van der Waals surface area contributed by atoms with E-state index < -0.39 is 5.79 Å². The standard InChI is InChI=1S/C30H47BrN2O2/c1-5-6-7-8-10-16-23-34-30(35-24-17-11-9-15-22-31)21-20-28(27(25-30)29(2,3)4)33-32-26-18-13-12-14-19-26/h12-14,18-21H,5-11,15-17,22-25H2,1-4H3. The number of hydrogen-bond donors (Lipinski definition) is 0. The lowest BCUT2D eigenvalue weighted by atomic mass is 9.79. The molecule has 0 fully saturated rings. The summed E-state index contributed by atoms with van der Waals surface area (Å²) in [6, 6.07) is 9.90. The molecule has 4 nitrogen and oxygen atoms in total. The van der Waals surface area contributed by atoms with E-state index in [1.54, 1.807) is 0 Å². The molecule has 0 heterocycles. The molecule has 0 saturated heterocycles. The predicted octanol–water partition coefficient (Wildman–Crippen LogP) is 10.1. The van der Waals surface area contributed by atoms with Gasteiger partial charge >= 0.3 is 0 Å². The Labute approximate surface area is 222 Å². The quantitative estimate of drug-likeness (QED) is 0.0843. The summed E-state index contributed by atoms with van der Waals surface area (Å²) in [5.41, 5.74) is 2.93. The van der Waals surface area contributed by atoms with Crippen molar-refractivity contribution in [2.75, 3.05) is 18.5 Å². The maximum atomic E-state index is 6.52. The maximum absolute atomic E-state index is 6.52. The van der Waals surface area contributed by atoms with Gasteiger partial charge in [0.1, 0.15) is 0 Å². The molecule has 5 heteroatoms. The highest BCUT2D eigenvalue weighted by molar-refractivity contribution is 9.09. The van der Waals surface area contributed by atoms with Gasteiger partial charge in [-0.2, -0.15) is 10.2 Å². The highest BCUT2D eigenvalue weighted by Gasteiger charge is 2.38. The van der Waals surface area contributed by atoms with Crippen molar-refractivity contribution in [3.8, 4) is 0 Å². The Bertz CT molecular complexity index is 798. The third kappa shape index (κ3) is 11.5. The predicted molar refractivity (Wildman–Crippen MR) is 151 cm³/mol. The zero-order valence-corrected chi connectivity index (χ0v) is 24.1. The number of hydrogen-bond acceptors (Lipinski definition) is 4. The van der Waals surface area contributed by atoms with E-state index >= 15 is 0 Å². The van der Waals surface area contributed by atoms with Crippen LogP contribution < -0.4 is 0 Å². The molecule has 0 spiro atoms. The van der Waals surface area contributed by atoms with E-state index in [-0.39, 0.29) is 5.41 Å². The first-order chi connectivity index (χ1) is 16.9. The van der Waals surface area contributed by atoms with Crippen molar-refractivity contribution < 1.29 is 9.47 Å². The van der Waals surface area contributed by atoms with Crippen molar-refractivity contribution in [3.05, 3.63) is 53.8 Å². The summed E-state index contributed by atoms with van der Waals surface area (Å²) < 4.78 is 13.0. The second-order valence-electron chi connectivity index (χ2n) is 10.5. The first-order valence-corrected chi connectivity index (χ1v) is 14.8. The summed E-state index contributed by atoms with van der Waals surface area (Å²) in [7, 11) is 0. The molecule has 0 bridgehead atoms. The monoisotopic (exact) mass is 546 g/mol. The number of azo groups is 1. The topological polar surface area (TPSA) is 43.2 Å². The van der Waals surface area contributed by atoms with Gasteiger partial charge in [-0.1, -0.05) is 107 Å². The molecule has 1 atom stereocenters. The van der Waals surface area contributed by atoms with Crippen molar-refractivity contribution in [1.82, 2.24) is 0 Å². The molecule has 2 rings (SSSR count). The number of nitrogens with zero attached hydrogens (tertiary/aromatic N) is 2. The molecule has 1 aliphatic rings. The molecule has 1 aromatic carbocycles. The molecule has 0 N–H and O–H groups in total. The van der Waals surface area contributed by atoms with Crippen molar-refractivity contribution in [3.63, 3.8) is 0 Å². The zero-order chi connectivity index (χ0) is 25.4. The van der Waals surface area contributed by atoms with Gasteiger partial charge in [0.15, 0.2) is 5.79 Å². The number of benzene rings is 1. The molecule has 1 aromatic rings. The molecule has 196 valence electrons. The van der Waals surface area contributed by atoms with Crippen molar-refractivity contribution in [2.24, 2.45) is 15.6 Å². The van der Waals surface area contributed by atoms with Crippen LogP contribution in [0.15, 0.2) is 64.0 Å². The average Bonchev–Trinajstić information content (AvgIpc) is 2.85. The molecule has 0 amide bonds. The minimum Gasteiger partial charge on any atom is -0.346 e. The summed E-state index contributed by atoms with van der Waals surface area (Å²) in [4.78, 5) is 0. The van der Waals surface area contributed by atoms with Gasteiger partial charge in [0.25, 0.3) is 0 Å². The van der Waals surface area contributed by atoms with Crippen LogP contribution in [-0.2, 0) is 9.47 Å². The third-order valence-corrected chi connectivity index (χ3v) is 6.94. The van der Waals surface area contributed by atoms with E-state index in [1.807, 2.05) is 30.3 Å². The molecule has 35 heavy (non-hydrogen) atoms. The Balaban J connectivity index is 2.10. The van der Waals surface area contributed by atoms with Crippen LogP contribution in [0.2, 0.25) is 0 Å². The van der Waals surface area contributed by atoms with E-state index in [0.29, 0.717) is 13.0 Å². The summed E-state index contributed by atoms with van der Waals surface area (Å²) in [6.45, 7) is 10.4. The summed E-state index contributed by atoms with van der Waals surface area (Å²) in [5.74, 6) is -0.715. The lowest BCUT2D eigenvalue weighted by Gasteiger charge is -2.38. The highest BCUT2D eigenvalue weighted by atomic mass is 79.9. The van der Waals surface area contributed by atoms with Crippen LogP contribution in [0, 0.1) is 5.41 Å². The smallest absolute Gasteiger partial charge is 0.191 e. The zero-order valence-electron chi connectivity index (χ0n) is 22.5. The summed E-state index contributed by atoms with van der Waals surface area (Å²) in [6.07, 6.45) is 17.0. The van der Waals surface area contributed by atoms with Gasteiger partial charge in [-0.3, -0.25) is 0 Å². The molecular weight excluding hydrogens is 500 g/mol. The number of halogens is 1. The normalized spacial score (nSPS) is 18.7. The summed E-state index contributed by atoms with van der Waals surface area (Å²) >= 11 is 3.52. The fourth-order valence-corrected chi connectivity index (χ4v) is 4.61. The van der Waals surface area contributed by atoms with Crippen LogP contribution in [0.4, 0.5) is 5.69 Å². The molecule has 0 radical (unpaired) electrons. The van der Waals surface area contributed by atoms with Gasteiger partial charge in [-0.25, -0.2) is 0 Å². The Kier molecular flexibility index (Phi) is 14.1. The van der Waals surface area contributed by atoms with Gasteiger partial charge in [-0.15, -0.1) is 0 Å². The van der Waals surface area contributed by atoms with Gasteiger partial charge in [0.05, 0.1) is 24.6 Å². The van der Waals surface area contributed by atoms with E-state index in [9.17, 15) is 0 Å². The van der Waals surface area contributed by atoms with Crippen LogP contribution in [-0.4, -0.2) is 24.3 Å². The van der Waals surface area contributed by atoms with Crippen LogP contribution in [0.5, 0.6) is 0 Å². The summed E-state index contributed by atoms with van der Waals surface area (Å²) in [5, 5.41) is 10.2. The Morgan fingerprint density at radius 3 is 2.03 bits per heavy atom. The number of ether oxygens (including phenoxy) is 2. The average molecular weight is 548 g/mol. The van der Waals surface area contributed by atoms with Crippen LogP contribution in [0.25, 0.3) is 0 Å². The van der Waals surface area contributed by atoms with E-state index in [0.717, 1.165) is 36.2 Å². The second kappa shape index (κ2) is 16.4. The lowest BCUT2D eigenvalue weighted by molar-refractivity contribution is -0.206. The second-order valence-corrected chi connectivity index (χ2v) is 11.3. The molecular formula is C30H47BrN2O2. The number of allylic oxidation sites excluding steroid dienone is 1. The Morgan fingerprint density at radius 1 is 0.829 bits per heavy atom. The van der Waals surface area contributed by atoms with Gasteiger partial charge < -0.3 is 9.47 Å². The lowest BCUT2D eigenvalue weighted by Crippen LogP contribution is -2.39. The van der Waals surface area contributed by atoms with Crippen molar-refractivity contribution >= 4 is 21.6 Å². The number of rotatable bonds is 17. The minimum atomic E-state index is -0.715. The first-order valence-electron chi connectivity index (χ1n) is 13.6. The first kappa shape index (κ1) is 29.9. The van der Waals surface area contributed by atoms with Crippen LogP contribution in [0.1, 0.15) is 98.3 Å². The fraction of sp³-hybridized carbons (Fsp3) is 0.667. The Hall–Kier alpha value is -1.30. The molecule has 1 aliphatic carbocycles. The maximum Gasteiger partial charge on any atom is 0.191 e. The SMILES string of the molecule is CCCCCCCCOC1(OCCCCCCBr)C=CC(N=Nc2ccccc2)=C(C(C)(C)C)C1. The third-order valence-electron chi connectivity index (χ3n) is 6.38. The highest BCUT2D eigenvalue weighted by Crippen LogP contribution is 2.41. The molecule has 1 unspecified atom stereocenters. The minimum absolute atomic E-state index is 0.0657. The van der Waals surface area contributed by atoms with Gasteiger partial charge in [-0.05, 0) is 54.5 Å². The van der Waals surface area contributed by atoms with E-state index in [1.165, 1.54) is 56.9 Å². The van der Waals surface area contributed by atoms with Gasteiger partial charge in [0, 0.05) is 11.8 Å².